The summed E-state index contributed by atoms with van der Waals surface area (Å²) in [6, 6.07) is 14.9. The lowest BCUT2D eigenvalue weighted by molar-refractivity contribution is 0.953. The molecule has 0 radical (unpaired) electrons. The molecule has 0 spiro atoms. The Balaban J connectivity index is 1.89. The number of aromatic nitrogens is 2. The van der Waals surface area contributed by atoms with Crippen molar-refractivity contribution in [1.82, 2.24) is 9.97 Å². The lowest BCUT2D eigenvalue weighted by Crippen LogP contribution is -2.14. The van der Waals surface area contributed by atoms with Crippen molar-refractivity contribution in [3.63, 3.8) is 0 Å². The van der Waals surface area contributed by atoms with E-state index in [-0.39, 0.29) is 5.56 Å². The highest BCUT2D eigenvalue weighted by atomic mass is 35.5. The Morgan fingerprint density at radius 2 is 1.95 bits per heavy atom. The van der Waals surface area contributed by atoms with Crippen molar-refractivity contribution in [3.8, 4) is 0 Å². The van der Waals surface area contributed by atoms with Crippen molar-refractivity contribution in [3.05, 3.63) is 69.7 Å². The molecular formula is C15H12ClN3O. The molecule has 0 unspecified atom stereocenters. The molecule has 3 rings (SSSR count). The summed E-state index contributed by atoms with van der Waals surface area (Å²) in [7, 11) is 0. The van der Waals surface area contributed by atoms with Gasteiger partial charge in [0.25, 0.3) is 5.56 Å². The molecule has 0 aliphatic carbocycles. The standard InChI is InChI=1S/C15H12ClN3O/c16-10-6-7-13-12(8-10)15(20)19-14(18-13)9-17-11-4-2-1-3-5-11/h1-8,17H,9H2,(H,18,19,20). The predicted molar refractivity (Wildman–Crippen MR) is 81.1 cm³/mol. The van der Waals surface area contributed by atoms with E-state index < -0.39 is 0 Å². The number of fused-ring (bicyclic) bond motifs is 1. The van der Waals surface area contributed by atoms with E-state index in [1.54, 1.807) is 18.2 Å². The number of hydrogen-bond donors (Lipinski definition) is 2. The van der Waals surface area contributed by atoms with Crippen molar-refractivity contribution in [2.24, 2.45) is 0 Å². The van der Waals surface area contributed by atoms with Crippen molar-refractivity contribution >= 4 is 28.2 Å². The van der Waals surface area contributed by atoms with Gasteiger partial charge in [-0.2, -0.15) is 0 Å². The van der Waals surface area contributed by atoms with Crippen LogP contribution in [0.1, 0.15) is 5.82 Å². The second-order valence-corrected chi connectivity index (χ2v) is 4.83. The van der Waals surface area contributed by atoms with Crippen LogP contribution in [0.4, 0.5) is 5.69 Å². The van der Waals surface area contributed by atoms with Gasteiger partial charge < -0.3 is 10.3 Å². The van der Waals surface area contributed by atoms with Gasteiger partial charge in [-0.25, -0.2) is 4.98 Å². The first-order valence-corrected chi connectivity index (χ1v) is 6.57. The number of hydrogen-bond acceptors (Lipinski definition) is 3. The molecule has 0 atom stereocenters. The average molecular weight is 286 g/mol. The zero-order valence-corrected chi connectivity index (χ0v) is 11.3. The summed E-state index contributed by atoms with van der Waals surface area (Å²) in [4.78, 5) is 19.2. The molecule has 20 heavy (non-hydrogen) atoms. The highest BCUT2D eigenvalue weighted by molar-refractivity contribution is 6.31. The summed E-state index contributed by atoms with van der Waals surface area (Å²) >= 11 is 5.88. The number of para-hydroxylation sites is 1. The van der Waals surface area contributed by atoms with Crippen LogP contribution in [0.5, 0.6) is 0 Å². The minimum atomic E-state index is -0.178. The van der Waals surface area contributed by atoms with Gasteiger partial charge in [-0.1, -0.05) is 29.8 Å². The van der Waals surface area contributed by atoms with Crippen LogP contribution >= 0.6 is 11.6 Å². The molecule has 5 heteroatoms. The number of H-pyrrole nitrogens is 1. The molecule has 0 fully saturated rings. The maximum Gasteiger partial charge on any atom is 0.258 e. The molecule has 0 amide bonds. The summed E-state index contributed by atoms with van der Waals surface area (Å²) in [5, 5.41) is 4.23. The van der Waals surface area contributed by atoms with Crippen molar-refractivity contribution < 1.29 is 0 Å². The number of nitrogens with zero attached hydrogens (tertiary/aromatic N) is 1. The first kappa shape index (κ1) is 12.7. The fraction of sp³-hybridized carbons (Fsp3) is 0.0667. The molecule has 2 N–H and O–H groups in total. The summed E-state index contributed by atoms with van der Waals surface area (Å²) in [5.41, 5.74) is 1.44. The van der Waals surface area contributed by atoms with Gasteiger partial charge in [0.05, 0.1) is 17.4 Å². The third-order valence-electron chi connectivity index (χ3n) is 2.95. The molecule has 4 nitrogen and oxygen atoms in total. The molecule has 0 saturated heterocycles. The highest BCUT2D eigenvalue weighted by Crippen LogP contribution is 2.14. The van der Waals surface area contributed by atoms with Crippen LogP contribution in [0.3, 0.4) is 0 Å². The van der Waals surface area contributed by atoms with Gasteiger partial charge in [-0.3, -0.25) is 4.79 Å². The van der Waals surface area contributed by atoms with Gasteiger partial charge >= 0.3 is 0 Å². The Morgan fingerprint density at radius 3 is 2.75 bits per heavy atom. The molecule has 1 heterocycles. The lowest BCUT2D eigenvalue weighted by Gasteiger charge is -2.06. The van der Waals surface area contributed by atoms with E-state index in [1.807, 2.05) is 30.3 Å². The highest BCUT2D eigenvalue weighted by Gasteiger charge is 2.04. The fourth-order valence-electron chi connectivity index (χ4n) is 1.98. The van der Waals surface area contributed by atoms with Gasteiger partial charge in [0.1, 0.15) is 5.82 Å². The van der Waals surface area contributed by atoms with E-state index in [0.717, 1.165) is 5.69 Å². The summed E-state index contributed by atoms with van der Waals surface area (Å²) in [6.45, 7) is 0.456. The zero-order valence-electron chi connectivity index (χ0n) is 10.6. The molecule has 3 aromatic rings. The second-order valence-electron chi connectivity index (χ2n) is 4.39. The molecule has 100 valence electrons. The minimum absolute atomic E-state index is 0.178. The molecular weight excluding hydrogens is 274 g/mol. The molecule has 1 aromatic heterocycles. The maximum atomic E-state index is 12.0. The Kier molecular flexibility index (Phi) is 3.39. The van der Waals surface area contributed by atoms with Gasteiger partial charge in [-0.15, -0.1) is 0 Å². The number of benzene rings is 2. The molecule has 0 bridgehead atoms. The van der Waals surface area contributed by atoms with Crippen LogP contribution < -0.4 is 10.9 Å². The zero-order chi connectivity index (χ0) is 13.9. The van der Waals surface area contributed by atoms with Crippen LogP contribution in [-0.2, 0) is 6.54 Å². The predicted octanol–water partition coefficient (Wildman–Crippen LogP) is 3.19. The number of nitrogens with one attached hydrogen (secondary N) is 2. The van der Waals surface area contributed by atoms with E-state index in [4.69, 9.17) is 11.6 Å². The third-order valence-corrected chi connectivity index (χ3v) is 3.19. The molecule has 0 aliphatic rings. The van der Waals surface area contributed by atoms with Crippen molar-refractivity contribution in [2.45, 2.75) is 6.54 Å². The minimum Gasteiger partial charge on any atom is -0.378 e. The smallest absolute Gasteiger partial charge is 0.258 e. The first-order valence-electron chi connectivity index (χ1n) is 6.20. The van der Waals surface area contributed by atoms with Crippen LogP contribution in [-0.4, -0.2) is 9.97 Å². The van der Waals surface area contributed by atoms with Gasteiger partial charge in [0.2, 0.25) is 0 Å². The molecule has 0 aliphatic heterocycles. The van der Waals surface area contributed by atoms with Gasteiger partial charge in [0, 0.05) is 10.7 Å². The fourth-order valence-corrected chi connectivity index (χ4v) is 2.16. The van der Waals surface area contributed by atoms with E-state index in [2.05, 4.69) is 15.3 Å². The quantitative estimate of drug-likeness (QED) is 0.777. The van der Waals surface area contributed by atoms with E-state index in [9.17, 15) is 4.79 Å². The van der Waals surface area contributed by atoms with Gasteiger partial charge in [-0.05, 0) is 30.3 Å². The Labute approximate surface area is 120 Å². The SMILES string of the molecule is O=c1[nH]c(CNc2ccccc2)nc2ccc(Cl)cc12. The number of halogens is 1. The Bertz CT molecular complexity index is 799. The maximum absolute atomic E-state index is 12.0. The lowest BCUT2D eigenvalue weighted by atomic mass is 10.2. The molecule has 0 saturated carbocycles. The monoisotopic (exact) mass is 285 g/mol. The summed E-state index contributed by atoms with van der Waals surface area (Å²) in [6.07, 6.45) is 0. The van der Waals surface area contributed by atoms with Gasteiger partial charge in [0.15, 0.2) is 0 Å². The Morgan fingerprint density at radius 1 is 1.15 bits per heavy atom. The van der Waals surface area contributed by atoms with Crippen LogP contribution in [0, 0.1) is 0 Å². The first-order chi connectivity index (χ1) is 9.72. The van der Waals surface area contributed by atoms with E-state index in [0.29, 0.717) is 28.3 Å². The largest absolute Gasteiger partial charge is 0.378 e. The summed E-state index contributed by atoms with van der Waals surface area (Å²) in [5.74, 6) is 0.591. The van der Waals surface area contributed by atoms with E-state index in [1.165, 1.54) is 0 Å². The second kappa shape index (κ2) is 5.35. The summed E-state index contributed by atoms with van der Waals surface area (Å²) < 4.78 is 0. The van der Waals surface area contributed by atoms with Crippen LogP contribution in [0.25, 0.3) is 10.9 Å². The average Bonchev–Trinajstić information content (AvgIpc) is 2.47. The number of aromatic amines is 1. The van der Waals surface area contributed by atoms with E-state index >= 15 is 0 Å². The van der Waals surface area contributed by atoms with Crippen molar-refractivity contribution in [1.29, 1.82) is 0 Å². The normalized spacial score (nSPS) is 10.7. The topological polar surface area (TPSA) is 57.8 Å². The Hall–Kier alpha value is -2.33. The third kappa shape index (κ3) is 2.65. The van der Waals surface area contributed by atoms with Crippen LogP contribution in [0.2, 0.25) is 5.02 Å². The van der Waals surface area contributed by atoms with Crippen molar-refractivity contribution in [2.75, 3.05) is 5.32 Å². The molecule has 2 aromatic carbocycles. The van der Waals surface area contributed by atoms with Crippen LogP contribution in [0.15, 0.2) is 53.3 Å². The number of anilines is 1. The number of rotatable bonds is 3.